The average Bonchev–Trinajstić information content (AvgIpc) is 2.29. The molecule has 1 atom stereocenters. The number of carbonyl (C=O) groups is 1. The molecule has 0 amide bonds. The Morgan fingerprint density at radius 3 is 3.20 bits per heavy atom. The van der Waals surface area contributed by atoms with E-state index >= 15 is 0 Å². The van der Waals surface area contributed by atoms with Gasteiger partial charge in [-0.25, -0.2) is 0 Å². The summed E-state index contributed by atoms with van der Waals surface area (Å²) < 4.78 is 9.76. The van der Waals surface area contributed by atoms with Gasteiger partial charge in [0.1, 0.15) is 0 Å². The van der Waals surface area contributed by atoms with Gasteiger partial charge in [0.15, 0.2) is 6.10 Å². The summed E-state index contributed by atoms with van der Waals surface area (Å²) >= 11 is 0. The van der Waals surface area contributed by atoms with Crippen LogP contribution in [-0.2, 0) is 14.3 Å². The number of carbonyl (C=O) groups excluding carboxylic acids is 1. The topological polar surface area (TPSA) is 62.6 Å². The highest BCUT2D eigenvalue weighted by atomic mass is 16.5. The zero-order valence-corrected chi connectivity index (χ0v) is 8.94. The van der Waals surface area contributed by atoms with Crippen LogP contribution < -0.4 is 0 Å². The Kier molecular flexibility index (Phi) is 5.08. The molecule has 1 rings (SSSR count). The standard InChI is InChI=1S/C10H16N2O3/c1-14-10(13)3-2-4-12-5-6-15-9(7-11)8-12/h9H,2-6,8H2,1H3. The Labute approximate surface area is 89.6 Å². The molecule has 0 N–H and O–H groups in total. The fourth-order valence-corrected chi connectivity index (χ4v) is 1.53. The Morgan fingerprint density at radius 1 is 1.73 bits per heavy atom. The number of rotatable bonds is 4. The van der Waals surface area contributed by atoms with Gasteiger partial charge in [-0.05, 0) is 13.0 Å². The predicted octanol–water partition coefficient (Wildman–Crippen LogP) is 0.164. The van der Waals surface area contributed by atoms with Crippen LogP contribution in [0.3, 0.4) is 0 Å². The van der Waals surface area contributed by atoms with Crippen molar-refractivity contribution in [2.75, 3.05) is 33.4 Å². The molecular formula is C10H16N2O3. The summed E-state index contributed by atoms with van der Waals surface area (Å²) in [5.41, 5.74) is 0. The average molecular weight is 212 g/mol. The molecular weight excluding hydrogens is 196 g/mol. The maximum Gasteiger partial charge on any atom is 0.305 e. The molecule has 0 aromatic carbocycles. The minimum absolute atomic E-state index is 0.180. The van der Waals surface area contributed by atoms with Crippen LogP contribution in [0, 0.1) is 11.3 Å². The Morgan fingerprint density at radius 2 is 2.53 bits per heavy atom. The van der Waals surface area contributed by atoms with E-state index < -0.39 is 0 Å². The fourth-order valence-electron chi connectivity index (χ4n) is 1.53. The van der Waals surface area contributed by atoms with Gasteiger partial charge in [0.25, 0.3) is 0 Å². The van der Waals surface area contributed by atoms with Crippen LogP contribution in [0.1, 0.15) is 12.8 Å². The lowest BCUT2D eigenvalue weighted by atomic mass is 10.2. The molecule has 1 aliphatic heterocycles. The first-order valence-corrected chi connectivity index (χ1v) is 5.06. The second-order valence-corrected chi connectivity index (χ2v) is 3.47. The Balaban J connectivity index is 2.16. The Hall–Kier alpha value is -1.12. The highest BCUT2D eigenvalue weighted by molar-refractivity contribution is 5.69. The van der Waals surface area contributed by atoms with Gasteiger partial charge in [0.2, 0.25) is 0 Å². The summed E-state index contributed by atoms with van der Waals surface area (Å²) in [6, 6.07) is 2.09. The Bertz CT molecular complexity index is 250. The largest absolute Gasteiger partial charge is 0.469 e. The van der Waals surface area contributed by atoms with Crippen molar-refractivity contribution in [2.45, 2.75) is 18.9 Å². The molecule has 0 saturated carbocycles. The van der Waals surface area contributed by atoms with Gasteiger partial charge in [-0.1, -0.05) is 0 Å². The minimum atomic E-state index is -0.322. The van der Waals surface area contributed by atoms with Crippen molar-refractivity contribution in [3.63, 3.8) is 0 Å². The fraction of sp³-hybridized carbons (Fsp3) is 0.800. The molecule has 0 aromatic heterocycles. The first-order valence-electron chi connectivity index (χ1n) is 5.06. The lowest BCUT2D eigenvalue weighted by molar-refractivity contribution is -0.140. The molecule has 1 heterocycles. The smallest absolute Gasteiger partial charge is 0.305 e. The summed E-state index contributed by atoms with van der Waals surface area (Å²) in [5.74, 6) is -0.180. The molecule has 0 radical (unpaired) electrons. The van der Waals surface area contributed by atoms with E-state index in [2.05, 4.69) is 15.7 Å². The first-order chi connectivity index (χ1) is 7.26. The third-order valence-electron chi connectivity index (χ3n) is 2.38. The molecule has 0 aromatic rings. The van der Waals surface area contributed by atoms with E-state index in [1.807, 2.05) is 0 Å². The second-order valence-electron chi connectivity index (χ2n) is 3.47. The number of hydrogen-bond donors (Lipinski definition) is 0. The highest BCUT2D eigenvalue weighted by Crippen LogP contribution is 2.05. The van der Waals surface area contributed by atoms with Crippen molar-refractivity contribution in [1.82, 2.24) is 4.90 Å². The van der Waals surface area contributed by atoms with Crippen molar-refractivity contribution in [3.8, 4) is 6.07 Å². The van der Waals surface area contributed by atoms with E-state index in [-0.39, 0.29) is 12.1 Å². The number of ether oxygens (including phenoxy) is 2. The first kappa shape index (κ1) is 12.0. The molecule has 5 nitrogen and oxygen atoms in total. The van der Waals surface area contributed by atoms with Gasteiger partial charge in [-0.2, -0.15) is 5.26 Å². The molecule has 0 aliphatic carbocycles. The SMILES string of the molecule is COC(=O)CCCN1CCOC(C#N)C1. The van der Waals surface area contributed by atoms with Gasteiger partial charge in [-0.15, -0.1) is 0 Å². The molecule has 1 unspecified atom stereocenters. The molecule has 15 heavy (non-hydrogen) atoms. The number of methoxy groups -OCH3 is 1. The van der Waals surface area contributed by atoms with Gasteiger partial charge in [0, 0.05) is 19.5 Å². The van der Waals surface area contributed by atoms with Crippen LogP contribution in [0.5, 0.6) is 0 Å². The summed E-state index contributed by atoms with van der Waals surface area (Å²) in [6.07, 6.45) is 0.882. The molecule has 1 aliphatic rings. The van der Waals surface area contributed by atoms with Crippen molar-refractivity contribution in [1.29, 1.82) is 5.26 Å². The normalized spacial score (nSPS) is 22.0. The van der Waals surface area contributed by atoms with Crippen molar-refractivity contribution < 1.29 is 14.3 Å². The lowest BCUT2D eigenvalue weighted by Gasteiger charge is -2.29. The molecule has 84 valence electrons. The van der Waals surface area contributed by atoms with Crippen LogP contribution in [0.2, 0.25) is 0 Å². The summed E-state index contributed by atoms with van der Waals surface area (Å²) in [6.45, 7) is 2.88. The summed E-state index contributed by atoms with van der Waals surface area (Å²) in [5, 5.41) is 8.68. The van der Waals surface area contributed by atoms with Crippen molar-refractivity contribution in [2.24, 2.45) is 0 Å². The molecule has 0 spiro atoms. The van der Waals surface area contributed by atoms with E-state index in [0.29, 0.717) is 19.6 Å². The molecule has 1 fully saturated rings. The van der Waals surface area contributed by atoms with Crippen molar-refractivity contribution >= 4 is 5.97 Å². The van der Waals surface area contributed by atoms with E-state index in [1.54, 1.807) is 0 Å². The van der Waals surface area contributed by atoms with Crippen molar-refractivity contribution in [3.05, 3.63) is 0 Å². The number of morpholine rings is 1. The van der Waals surface area contributed by atoms with Gasteiger partial charge >= 0.3 is 5.97 Å². The number of esters is 1. The van der Waals surface area contributed by atoms with Crippen LogP contribution in [0.4, 0.5) is 0 Å². The van der Waals surface area contributed by atoms with Crippen LogP contribution in [0.25, 0.3) is 0 Å². The van der Waals surface area contributed by atoms with Gasteiger partial charge in [0.05, 0.1) is 19.8 Å². The third-order valence-corrected chi connectivity index (χ3v) is 2.38. The van der Waals surface area contributed by atoms with E-state index in [4.69, 9.17) is 10.00 Å². The number of nitriles is 1. The lowest BCUT2D eigenvalue weighted by Crippen LogP contribution is -2.42. The van der Waals surface area contributed by atoms with Crippen LogP contribution in [0.15, 0.2) is 0 Å². The van der Waals surface area contributed by atoms with Gasteiger partial charge in [-0.3, -0.25) is 9.69 Å². The van der Waals surface area contributed by atoms with Crippen LogP contribution >= 0.6 is 0 Å². The summed E-state index contributed by atoms with van der Waals surface area (Å²) in [4.78, 5) is 13.0. The summed E-state index contributed by atoms with van der Waals surface area (Å²) in [7, 11) is 1.39. The van der Waals surface area contributed by atoms with E-state index in [0.717, 1.165) is 19.5 Å². The monoisotopic (exact) mass is 212 g/mol. The third kappa shape index (κ3) is 4.28. The highest BCUT2D eigenvalue weighted by Gasteiger charge is 2.19. The maximum atomic E-state index is 10.9. The minimum Gasteiger partial charge on any atom is -0.469 e. The second kappa shape index (κ2) is 6.38. The van der Waals surface area contributed by atoms with Crippen LogP contribution in [-0.4, -0.2) is 50.3 Å². The van der Waals surface area contributed by atoms with E-state index in [9.17, 15) is 4.79 Å². The molecule has 5 heteroatoms. The quantitative estimate of drug-likeness (QED) is 0.621. The maximum absolute atomic E-state index is 10.9. The zero-order valence-electron chi connectivity index (χ0n) is 8.94. The van der Waals surface area contributed by atoms with E-state index in [1.165, 1.54) is 7.11 Å². The predicted molar refractivity (Wildman–Crippen MR) is 53.0 cm³/mol. The zero-order chi connectivity index (χ0) is 11.1. The molecule has 0 bridgehead atoms. The molecule has 1 saturated heterocycles. The number of hydrogen-bond acceptors (Lipinski definition) is 5. The van der Waals surface area contributed by atoms with Gasteiger partial charge < -0.3 is 9.47 Å². The number of nitrogens with zero attached hydrogens (tertiary/aromatic N) is 2.